The Bertz CT molecular complexity index is 266. The van der Waals surface area contributed by atoms with E-state index in [-0.39, 0.29) is 7.92 Å². The fourth-order valence-corrected chi connectivity index (χ4v) is 0.988. The zero-order chi connectivity index (χ0) is 9.78. The summed E-state index contributed by atoms with van der Waals surface area (Å²) in [6.45, 7) is 3.29. The van der Waals surface area contributed by atoms with Crippen molar-refractivity contribution in [3.63, 3.8) is 0 Å². The van der Waals surface area contributed by atoms with Crippen molar-refractivity contribution in [1.29, 1.82) is 0 Å². The maximum atomic E-state index is 10.6. The SMILES string of the molecule is CC(C)(S)[C@H](NC#P=O)C(=O)O. The van der Waals surface area contributed by atoms with E-state index in [1.807, 2.05) is 0 Å². The number of aliphatic carboxylic acids is 1. The van der Waals surface area contributed by atoms with Crippen molar-refractivity contribution in [2.75, 3.05) is 0 Å². The van der Waals surface area contributed by atoms with Gasteiger partial charge in [0.2, 0.25) is 0 Å². The number of thiol groups is 1. The van der Waals surface area contributed by atoms with E-state index in [0.717, 1.165) is 0 Å². The number of carboxylic acid groups (broad SMARTS) is 1. The molecule has 0 radical (unpaired) electrons. The Kier molecular flexibility index (Phi) is 4.64. The Labute approximate surface area is 77.3 Å². The number of carbonyl (C=O) groups is 1. The van der Waals surface area contributed by atoms with Crippen LogP contribution in [0.25, 0.3) is 0 Å². The first-order valence-electron chi connectivity index (χ1n) is 3.17. The quantitative estimate of drug-likeness (QED) is 0.366. The van der Waals surface area contributed by atoms with E-state index in [1.165, 1.54) is 0 Å². The number of hydrogen-bond donors (Lipinski definition) is 3. The summed E-state index contributed by atoms with van der Waals surface area (Å²) < 4.78 is 9.23. The van der Waals surface area contributed by atoms with Gasteiger partial charge >= 0.3 is 76.7 Å². The van der Waals surface area contributed by atoms with Gasteiger partial charge in [-0.15, -0.1) is 0 Å². The standard InChI is InChI=1S/C6H10NO3PS/c1-6(2,12)4(5(8)9)7-3-11-10/h4,7,12H,1-2H3,(H,8,9)/t4-/m1/s1. The van der Waals surface area contributed by atoms with Crippen molar-refractivity contribution in [2.45, 2.75) is 24.6 Å². The molecule has 2 N–H and O–H groups in total. The van der Waals surface area contributed by atoms with Crippen LogP contribution in [0.2, 0.25) is 0 Å². The van der Waals surface area contributed by atoms with Crippen LogP contribution in [0.1, 0.15) is 13.8 Å². The number of hydrogen-bond acceptors (Lipinski definition) is 4. The van der Waals surface area contributed by atoms with Crippen LogP contribution in [-0.2, 0) is 9.36 Å². The molecule has 0 spiro atoms. The van der Waals surface area contributed by atoms with Crippen molar-refractivity contribution < 1.29 is 14.5 Å². The Hall–Kier alpha value is -0.210. The fourth-order valence-electron chi connectivity index (χ4n) is 0.631. The van der Waals surface area contributed by atoms with E-state index in [0.29, 0.717) is 0 Å². The van der Waals surface area contributed by atoms with Crippen molar-refractivity contribution >= 4 is 26.5 Å². The van der Waals surface area contributed by atoms with Crippen LogP contribution in [0.5, 0.6) is 0 Å². The van der Waals surface area contributed by atoms with Crippen molar-refractivity contribution in [3.05, 3.63) is 0 Å². The molecule has 0 aliphatic rings. The Morgan fingerprint density at radius 1 is 1.75 bits per heavy atom. The summed E-state index contributed by atoms with van der Waals surface area (Å²) in [5, 5.41) is 11.0. The maximum absolute atomic E-state index is 10.6. The molecule has 0 aromatic heterocycles. The Morgan fingerprint density at radius 3 is 2.50 bits per heavy atom. The average Bonchev–Trinajstić information content (AvgIpc) is 1.84. The summed E-state index contributed by atoms with van der Waals surface area (Å²) in [5.74, 6) is 1.12. The normalized spacial score (nSPS) is 13.2. The Morgan fingerprint density at radius 2 is 2.25 bits per heavy atom. The van der Waals surface area contributed by atoms with Gasteiger partial charge in [0.05, 0.1) is 0 Å². The van der Waals surface area contributed by atoms with Crippen LogP contribution in [-0.4, -0.2) is 21.9 Å². The third-order valence-corrected chi connectivity index (χ3v) is 1.69. The summed E-state index contributed by atoms with van der Waals surface area (Å²) in [6.07, 6.45) is 0. The first kappa shape index (κ1) is 11.8. The van der Waals surface area contributed by atoms with Crippen LogP contribution in [0.4, 0.5) is 0 Å². The van der Waals surface area contributed by atoms with Crippen molar-refractivity contribution in [2.24, 2.45) is 0 Å². The molecular formula is C6H10NO3PS. The molecule has 68 valence electrons. The minimum absolute atomic E-state index is 0.365. The summed E-state index contributed by atoms with van der Waals surface area (Å²) in [6, 6.07) is -0.901. The van der Waals surface area contributed by atoms with Gasteiger partial charge in [0, 0.05) is 0 Å². The second-order valence-electron chi connectivity index (χ2n) is 2.77. The van der Waals surface area contributed by atoms with Crippen molar-refractivity contribution in [1.82, 2.24) is 5.32 Å². The molecule has 0 saturated carbocycles. The third kappa shape index (κ3) is 3.98. The van der Waals surface area contributed by atoms with E-state index >= 15 is 0 Å². The Balaban J connectivity index is 4.52. The number of nitrogens with one attached hydrogen (secondary N) is 1. The van der Waals surface area contributed by atoms with Gasteiger partial charge in [-0.2, -0.15) is 0 Å². The molecule has 0 fully saturated rings. The molecule has 4 nitrogen and oxygen atoms in total. The summed E-state index contributed by atoms with van der Waals surface area (Å²) in [7, 11) is -0.365. The molecule has 0 amide bonds. The summed E-state index contributed by atoms with van der Waals surface area (Å²) in [4.78, 5) is 10.6. The van der Waals surface area contributed by atoms with Gasteiger partial charge in [0.15, 0.2) is 0 Å². The van der Waals surface area contributed by atoms with Gasteiger partial charge in [0.25, 0.3) is 0 Å². The fraction of sp³-hybridized carbons (Fsp3) is 0.667. The number of carboxylic acids is 1. The topological polar surface area (TPSA) is 66.4 Å². The molecule has 0 aromatic rings. The summed E-state index contributed by atoms with van der Waals surface area (Å²) in [5.41, 5.74) is 0. The molecule has 0 aromatic carbocycles. The van der Waals surface area contributed by atoms with Gasteiger partial charge in [-0.3, -0.25) is 0 Å². The van der Waals surface area contributed by atoms with Crippen LogP contribution in [0.15, 0.2) is 0 Å². The van der Waals surface area contributed by atoms with Crippen LogP contribution in [0, 0.1) is 5.75 Å². The van der Waals surface area contributed by atoms with Crippen LogP contribution >= 0.6 is 20.5 Å². The zero-order valence-corrected chi connectivity index (χ0v) is 8.52. The molecule has 6 heteroatoms. The van der Waals surface area contributed by atoms with Crippen LogP contribution in [0.3, 0.4) is 0 Å². The summed E-state index contributed by atoms with van der Waals surface area (Å²) >= 11 is 4.07. The molecule has 0 rings (SSSR count). The van der Waals surface area contributed by atoms with E-state index in [9.17, 15) is 9.36 Å². The molecule has 12 heavy (non-hydrogen) atoms. The second kappa shape index (κ2) is 4.73. The molecule has 0 unspecified atom stereocenters. The zero-order valence-electron chi connectivity index (χ0n) is 6.74. The molecule has 0 heterocycles. The minimum atomic E-state index is -1.05. The molecular weight excluding hydrogens is 197 g/mol. The monoisotopic (exact) mass is 207 g/mol. The predicted octanol–water partition coefficient (Wildman–Crippen LogP) is 0.946. The van der Waals surface area contributed by atoms with Crippen molar-refractivity contribution in [3.8, 4) is 5.75 Å². The third-order valence-electron chi connectivity index (χ3n) is 1.21. The molecule has 0 saturated heterocycles. The molecule has 0 bridgehead atoms. The van der Waals surface area contributed by atoms with E-state index in [2.05, 4.69) is 23.7 Å². The number of rotatable bonds is 3. The van der Waals surface area contributed by atoms with Crippen LogP contribution < -0.4 is 5.32 Å². The first-order chi connectivity index (χ1) is 5.39. The molecule has 1 atom stereocenters. The first-order valence-corrected chi connectivity index (χ1v) is 4.43. The predicted molar refractivity (Wildman–Crippen MR) is 49.1 cm³/mol. The van der Waals surface area contributed by atoms with Gasteiger partial charge < -0.3 is 0 Å². The van der Waals surface area contributed by atoms with E-state index < -0.39 is 16.8 Å². The molecule has 0 aliphatic carbocycles. The molecule has 0 aliphatic heterocycles. The van der Waals surface area contributed by atoms with E-state index in [4.69, 9.17) is 5.11 Å². The van der Waals surface area contributed by atoms with Gasteiger partial charge in [-0.05, 0) is 0 Å². The average molecular weight is 207 g/mol. The van der Waals surface area contributed by atoms with Gasteiger partial charge in [-0.1, -0.05) is 0 Å². The van der Waals surface area contributed by atoms with Gasteiger partial charge in [0.1, 0.15) is 0 Å². The van der Waals surface area contributed by atoms with Gasteiger partial charge in [-0.25, -0.2) is 0 Å². The van der Waals surface area contributed by atoms with E-state index in [1.54, 1.807) is 13.8 Å². The second-order valence-corrected chi connectivity index (χ2v) is 4.33.